The summed E-state index contributed by atoms with van der Waals surface area (Å²) < 4.78 is 26.4. The van der Waals surface area contributed by atoms with Crippen molar-refractivity contribution in [3.05, 3.63) is 23.8 Å². The topological polar surface area (TPSA) is 58.2 Å². The van der Waals surface area contributed by atoms with Crippen molar-refractivity contribution in [3.63, 3.8) is 0 Å². The molecule has 1 aromatic rings. The molecule has 0 radical (unpaired) electrons. The second-order valence-electron chi connectivity index (χ2n) is 6.03. The third-order valence-corrected chi connectivity index (χ3v) is 5.90. The molecule has 0 spiro atoms. The van der Waals surface area contributed by atoms with Gasteiger partial charge in [-0.05, 0) is 69.2 Å². The SMILES string of the molecule is CNS(=O)(=O)c1cc(NC(C2CC2)C2CC2)ccc1C. The smallest absolute Gasteiger partial charge is 0.240 e. The van der Waals surface area contributed by atoms with E-state index in [1.165, 1.54) is 32.7 Å². The summed E-state index contributed by atoms with van der Waals surface area (Å²) in [5.74, 6) is 1.57. The number of rotatable bonds is 6. The Morgan fingerprint density at radius 2 is 1.75 bits per heavy atom. The zero-order valence-electron chi connectivity index (χ0n) is 12.0. The summed E-state index contributed by atoms with van der Waals surface area (Å²) in [7, 11) is -1.94. The van der Waals surface area contributed by atoms with E-state index < -0.39 is 10.0 Å². The van der Waals surface area contributed by atoms with E-state index in [9.17, 15) is 8.42 Å². The standard InChI is InChI=1S/C15H22N2O2S/c1-10-3-8-13(9-14(10)20(18,19)16-2)17-15(11-4-5-11)12-6-7-12/h3,8-9,11-12,15-17H,4-7H2,1-2H3. The van der Waals surface area contributed by atoms with Crippen molar-refractivity contribution in [2.75, 3.05) is 12.4 Å². The van der Waals surface area contributed by atoms with E-state index in [-0.39, 0.29) is 0 Å². The highest BCUT2D eigenvalue weighted by Crippen LogP contribution is 2.46. The molecule has 0 unspecified atom stereocenters. The van der Waals surface area contributed by atoms with E-state index in [1.807, 2.05) is 19.1 Å². The number of sulfonamides is 1. The van der Waals surface area contributed by atoms with Crippen LogP contribution in [0.3, 0.4) is 0 Å². The van der Waals surface area contributed by atoms with Gasteiger partial charge in [-0.2, -0.15) is 0 Å². The molecule has 1 aromatic carbocycles. The highest BCUT2D eigenvalue weighted by Gasteiger charge is 2.41. The molecule has 0 amide bonds. The van der Waals surface area contributed by atoms with Crippen LogP contribution in [0.4, 0.5) is 5.69 Å². The van der Waals surface area contributed by atoms with Gasteiger partial charge in [-0.3, -0.25) is 0 Å². The van der Waals surface area contributed by atoms with Gasteiger partial charge >= 0.3 is 0 Å². The van der Waals surface area contributed by atoms with Crippen LogP contribution >= 0.6 is 0 Å². The highest BCUT2D eigenvalue weighted by atomic mass is 32.2. The summed E-state index contributed by atoms with van der Waals surface area (Å²) in [5.41, 5.74) is 1.70. The summed E-state index contributed by atoms with van der Waals surface area (Å²) in [6, 6.07) is 6.16. The fraction of sp³-hybridized carbons (Fsp3) is 0.600. The van der Waals surface area contributed by atoms with E-state index >= 15 is 0 Å². The number of anilines is 1. The van der Waals surface area contributed by atoms with E-state index in [0.29, 0.717) is 10.9 Å². The molecule has 5 heteroatoms. The van der Waals surface area contributed by atoms with Crippen LogP contribution in [0.25, 0.3) is 0 Å². The second kappa shape index (κ2) is 5.04. The first-order valence-corrected chi connectivity index (χ1v) is 8.80. The molecule has 0 aliphatic heterocycles. The minimum Gasteiger partial charge on any atom is -0.382 e. The number of hydrogen-bond acceptors (Lipinski definition) is 3. The molecule has 0 aromatic heterocycles. The molecule has 2 aliphatic carbocycles. The zero-order chi connectivity index (χ0) is 14.3. The third kappa shape index (κ3) is 2.83. The molecule has 3 rings (SSSR count). The van der Waals surface area contributed by atoms with Gasteiger partial charge in [0.2, 0.25) is 10.0 Å². The predicted molar refractivity (Wildman–Crippen MR) is 80.3 cm³/mol. The van der Waals surface area contributed by atoms with Crippen LogP contribution < -0.4 is 10.0 Å². The second-order valence-corrected chi connectivity index (χ2v) is 7.89. The summed E-state index contributed by atoms with van der Waals surface area (Å²) in [6.07, 6.45) is 5.23. The molecule has 2 fully saturated rings. The Hall–Kier alpha value is -1.07. The molecular formula is C15H22N2O2S. The van der Waals surface area contributed by atoms with Crippen molar-refractivity contribution in [3.8, 4) is 0 Å². The first-order valence-electron chi connectivity index (χ1n) is 7.32. The number of aryl methyl sites for hydroxylation is 1. The average Bonchev–Trinajstić information content (AvgIpc) is 3.29. The molecule has 0 bridgehead atoms. The first-order chi connectivity index (χ1) is 9.51. The average molecular weight is 294 g/mol. The zero-order valence-corrected chi connectivity index (χ0v) is 12.8. The first kappa shape index (κ1) is 13.9. The number of nitrogens with one attached hydrogen (secondary N) is 2. The lowest BCUT2D eigenvalue weighted by Crippen LogP contribution is -2.25. The van der Waals surface area contributed by atoms with Crippen LogP contribution in [-0.2, 0) is 10.0 Å². The Kier molecular flexibility index (Phi) is 3.50. The van der Waals surface area contributed by atoms with Gasteiger partial charge in [0.1, 0.15) is 0 Å². The normalized spacial score (nSPS) is 19.4. The van der Waals surface area contributed by atoms with Gasteiger partial charge in [-0.1, -0.05) is 6.07 Å². The maximum absolute atomic E-state index is 12.0. The van der Waals surface area contributed by atoms with Crippen LogP contribution in [0.1, 0.15) is 31.2 Å². The van der Waals surface area contributed by atoms with Crippen molar-refractivity contribution in [2.24, 2.45) is 11.8 Å². The Morgan fingerprint density at radius 1 is 1.15 bits per heavy atom. The summed E-state index contributed by atoms with van der Waals surface area (Å²) in [4.78, 5) is 0.371. The van der Waals surface area contributed by atoms with E-state index in [2.05, 4.69) is 10.0 Å². The lowest BCUT2D eigenvalue weighted by atomic mass is 10.1. The fourth-order valence-corrected chi connectivity index (χ4v) is 3.81. The molecule has 20 heavy (non-hydrogen) atoms. The minimum atomic E-state index is -3.39. The molecule has 2 saturated carbocycles. The maximum atomic E-state index is 12.0. The summed E-state index contributed by atoms with van der Waals surface area (Å²) in [6.45, 7) is 1.83. The van der Waals surface area contributed by atoms with Crippen molar-refractivity contribution in [2.45, 2.75) is 43.5 Å². The van der Waals surface area contributed by atoms with Gasteiger partial charge in [0.05, 0.1) is 4.90 Å². The maximum Gasteiger partial charge on any atom is 0.240 e. The van der Waals surface area contributed by atoms with Gasteiger partial charge < -0.3 is 5.32 Å². The molecule has 110 valence electrons. The van der Waals surface area contributed by atoms with Gasteiger partial charge in [0.25, 0.3) is 0 Å². The largest absolute Gasteiger partial charge is 0.382 e. The van der Waals surface area contributed by atoms with Crippen molar-refractivity contribution in [1.82, 2.24) is 4.72 Å². The Morgan fingerprint density at radius 3 is 2.25 bits per heavy atom. The fourth-order valence-electron chi connectivity index (χ4n) is 2.81. The predicted octanol–water partition coefficient (Wildman–Crippen LogP) is 2.50. The van der Waals surface area contributed by atoms with E-state index in [1.54, 1.807) is 6.07 Å². The van der Waals surface area contributed by atoms with Gasteiger partial charge in [0.15, 0.2) is 0 Å². The van der Waals surface area contributed by atoms with E-state index in [0.717, 1.165) is 23.1 Å². The van der Waals surface area contributed by atoms with Crippen LogP contribution in [0.15, 0.2) is 23.1 Å². The Balaban J connectivity index is 1.85. The summed E-state index contributed by atoms with van der Waals surface area (Å²) in [5, 5.41) is 3.57. The molecule has 2 N–H and O–H groups in total. The third-order valence-electron chi connectivity index (χ3n) is 4.34. The van der Waals surface area contributed by atoms with Crippen LogP contribution in [0, 0.1) is 18.8 Å². The van der Waals surface area contributed by atoms with Crippen molar-refractivity contribution in [1.29, 1.82) is 0 Å². The summed E-state index contributed by atoms with van der Waals surface area (Å²) >= 11 is 0. The quantitative estimate of drug-likeness (QED) is 0.847. The Bertz CT molecular complexity index is 592. The van der Waals surface area contributed by atoms with Crippen molar-refractivity contribution < 1.29 is 8.42 Å². The lowest BCUT2D eigenvalue weighted by molar-refractivity contribution is 0.567. The molecule has 0 heterocycles. The van der Waals surface area contributed by atoms with Gasteiger partial charge in [0, 0.05) is 11.7 Å². The van der Waals surface area contributed by atoms with E-state index in [4.69, 9.17) is 0 Å². The Labute approximate surface area is 121 Å². The van der Waals surface area contributed by atoms with Crippen molar-refractivity contribution >= 4 is 15.7 Å². The number of hydrogen-bond donors (Lipinski definition) is 2. The molecule has 2 aliphatic rings. The van der Waals surface area contributed by atoms with Crippen LogP contribution in [0.5, 0.6) is 0 Å². The number of benzene rings is 1. The monoisotopic (exact) mass is 294 g/mol. The highest BCUT2D eigenvalue weighted by molar-refractivity contribution is 7.89. The van der Waals surface area contributed by atoms with Crippen LogP contribution in [0.2, 0.25) is 0 Å². The van der Waals surface area contributed by atoms with Gasteiger partial charge in [-0.25, -0.2) is 13.1 Å². The minimum absolute atomic E-state index is 0.371. The molecule has 4 nitrogen and oxygen atoms in total. The molecule has 0 atom stereocenters. The molecule has 0 saturated heterocycles. The lowest BCUT2D eigenvalue weighted by Gasteiger charge is -2.20. The van der Waals surface area contributed by atoms with Gasteiger partial charge in [-0.15, -0.1) is 0 Å². The van der Waals surface area contributed by atoms with Crippen LogP contribution in [-0.4, -0.2) is 21.5 Å². The molecular weight excluding hydrogens is 272 g/mol.